The summed E-state index contributed by atoms with van der Waals surface area (Å²) in [5.74, 6) is 2.21. The first-order valence-electron chi connectivity index (χ1n) is 7.26. The highest BCUT2D eigenvalue weighted by Crippen LogP contribution is 2.18. The van der Waals surface area contributed by atoms with Gasteiger partial charge in [-0.15, -0.1) is 0 Å². The fourth-order valence-corrected chi connectivity index (χ4v) is 4.22. The number of ether oxygens (including phenoxy) is 2. The molecule has 1 aliphatic heterocycles. The lowest BCUT2D eigenvalue weighted by Crippen LogP contribution is -2.35. The van der Waals surface area contributed by atoms with Crippen LogP contribution in [0.15, 0.2) is 24.3 Å². The van der Waals surface area contributed by atoms with Crippen molar-refractivity contribution >= 4 is 9.84 Å². The molecule has 1 unspecified atom stereocenters. The van der Waals surface area contributed by atoms with Gasteiger partial charge in [0.15, 0.2) is 9.84 Å². The number of rotatable bonds is 7. The summed E-state index contributed by atoms with van der Waals surface area (Å²) in [6.45, 7) is 3.85. The van der Waals surface area contributed by atoms with Gasteiger partial charge < -0.3 is 9.47 Å². The standard InChI is InChI=1S/C15H23NO4S/c1-3-19-14-4-6-15(7-5-14)20-10-9-16(2)13-8-11-21(17,18)12-13/h4-7,13H,3,8-12H2,1-2H3. The highest BCUT2D eigenvalue weighted by atomic mass is 32.2. The zero-order valence-electron chi connectivity index (χ0n) is 12.6. The summed E-state index contributed by atoms with van der Waals surface area (Å²) in [7, 11) is -0.873. The maximum atomic E-state index is 11.5. The minimum absolute atomic E-state index is 0.124. The molecule has 1 fully saturated rings. The molecule has 1 aromatic carbocycles. The highest BCUT2D eigenvalue weighted by Gasteiger charge is 2.30. The van der Waals surface area contributed by atoms with Gasteiger partial charge in [0.25, 0.3) is 0 Å². The second kappa shape index (κ2) is 7.13. The third kappa shape index (κ3) is 4.89. The molecule has 0 radical (unpaired) electrons. The summed E-state index contributed by atoms with van der Waals surface area (Å²) < 4.78 is 34.0. The van der Waals surface area contributed by atoms with E-state index in [-0.39, 0.29) is 11.8 Å². The molecular formula is C15H23NO4S. The molecule has 0 N–H and O–H groups in total. The number of hydrogen-bond donors (Lipinski definition) is 0. The first-order valence-corrected chi connectivity index (χ1v) is 9.08. The molecule has 6 heteroatoms. The predicted octanol–water partition coefficient (Wildman–Crippen LogP) is 1.58. The fraction of sp³-hybridized carbons (Fsp3) is 0.600. The van der Waals surface area contributed by atoms with Crippen LogP contribution in [0, 0.1) is 0 Å². The maximum Gasteiger partial charge on any atom is 0.151 e. The van der Waals surface area contributed by atoms with Gasteiger partial charge in [0.05, 0.1) is 18.1 Å². The van der Waals surface area contributed by atoms with Gasteiger partial charge in [-0.05, 0) is 44.7 Å². The summed E-state index contributed by atoms with van der Waals surface area (Å²) in [5, 5.41) is 0. The predicted molar refractivity (Wildman–Crippen MR) is 82.8 cm³/mol. The lowest BCUT2D eigenvalue weighted by molar-refractivity contribution is 0.202. The largest absolute Gasteiger partial charge is 0.494 e. The van der Waals surface area contributed by atoms with E-state index in [1.807, 2.05) is 38.2 Å². The summed E-state index contributed by atoms with van der Waals surface area (Å²) in [5.41, 5.74) is 0. The Morgan fingerprint density at radius 2 is 1.81 bits per heavy atom. The van der Waals surface area contributed by atoms with Crippen molar-refractivity contribution in [2.75, 3.05) is 38.3 Å². The molecule has 0 bridgehead atoms. The van der Waals surface area contributed by atoms with Crippen LogP contribution in [0.25, 0.3) is 0 Å². The Hall–Kier alpha value is -1.27. The number of sulfone groups is 1. The summed E-state index contributed by atoms with van der Waals surface area (Å²) in [6.07, 6.45) is 0.724. The number of hydrogen-bond acceptors (Lipinski definition) is 5. The highest BCUT2D eigenvalue weighted by molar-refractivity contribution is 7.91. The van der Waals surface area contributed by atoms with Crippen LogP contribution in [0.3, 0.4) is 0 Å². The second-order valence-corrected chi connectivity index (χ2v) is 7.52. The lowest BCUT2D eigenvalue weighted by Gasteiger charge is -2.22. The molecule has 0 amide bonds. The zero-order valence-corrected chi connectivity index (χ0v) is 13.4. The third-order valence-electron chi connectivity index (χ3n) is 3.68. The first-order chi connectivity index (χ1) is 10.00. The van der Waals surface area contributed by atoms with Crippen molar-refractivity contribution in [2.24, 2.45) is 0 Å². The molecule has 0 aromatic heterocycles. The van der Waals surface area contributed by atoms with E-state index in [9.17, 15) is 8.42 Å². The molecule has 0 saturated carbocycles. The van der Waals surface area contributed by atoms with E-state index >= 15 is 0 Å². The molecule has 5 nitrogen and oxygen atoms in total. The van der Waals surface area contributed by atoms with E-state index in [4.69, 9.17) is 9.47 Å². The monoisotopic (exact) mass is 313 g/mol. The van der Waals surface area contributed by atoms with Gasteiger partial charge in [-0.1, -0.05) is 0 Å². The van der Waals surface area contributed by atoms with Gasteiger partial charge in [-0.2, -0.15) is 0 Å². The average molecular weight is 313 g/mol. The smallest absolute Gasteiger partial charge is 0.151 e. The van der Waals surface area contributed by atoms with Crippen LogP contribution in [-0.4, -0.2) is 57.7 Å². The van der Waals surface area contributed by atoms with Crippen molar-refractivity contribution in [3.8, 4) is 11.5 Å². The Bertz CT molecular complexity index is 541. The van der Waals surface area contributed by atoms with Crippen LogP contribution in [0.4, 0.5) is 0 Å². The molecule has 0 spiro atoms. The van der Waals surface area contributed by atoms with Crippen molar-refractivity contribution in [1.82, 2.24) is 4.90 Å². The van der Waals surface area contributed by atoms with E-state index < -0.39 is 9.84 Å². The Balaban J connectivity index is 1.74. The first kappa shape index (κ1) is 16.1. The Morgan fingerprint density at radius 3 is 2.33 bits per heavy atom. The topological polar surface area (TPSA) is 55.8 Å². The maximum absolute atomic E-state index is 11.5. The van der Waals surface area contributed by atoms with Gasteiger partial charge in [0, 0.05) is 12.6 Å². The molecule has 1 aliphatic rings. The van der Waals surface area contributed by atoms with E-state index in [2.05, 4.69) is 4.90 Å². The van der Waals surface area contributed by atoms with E-state index in [0.29, 0.717) is 25.5 Å². The Kier molecular flexibility index (Phi) is 5.47. The average Bonchev–Trinajstić information content (AvgIpc) is 2.81. The minimum Gasteiger partial charge on any atom is -0.494 e. The molecule has 1 heterocycles. The molecule has 0 aliphatic carbocycles. The number of benzene rings is 1. The van der Waals surface area contributed by atoms with Crippen LogP contribution in [-0.2, 0) is 9.84 Å². The van der Waals surface area contributed by atoms with Crippen LogP contribution in [0.5, 0.6) is 11.5 Å². The third-order valence-corrected chi connectivity index (χ3v) is 5.43. The molecule has 2 rings (SSSR count). The number of likely N-dealkylation sites (N-methyl/N-ethyl adjacent to an activating group) is 1. The van der Waals surface area contributed by atoms with E-state index in [1.54, 1.807) is 0 Å². The van der Waals surface area contributed by atoms with Crippen molar-refractivity contribution in [1.29, 1.82) is 0 Å². The quantitative estimate of drug-likeness (QED) is 0.765. The normalized spacial score (nSPS) is 20.6. The SMILES string of the molecule is CCOc1ccc(OCCN(C)C2CCS(=O)(=O)C2)cc1. The van der Waals surface area contributed by atoms with Crippen LogP contribution in [0.2, 0.25) is 0 Å². The van der Waals surface area contributed by atoms with Gasteiger partial charge in [-0.3, -0.25) is 4.90 Å². The molecule has 1 atom stereocenters. The zero-order chi connectivity index (χ0) is 15.3. The van der Waals surface area contributed by atoms with Gasteiger partial charge in [-0.25, -0.2) is 8.42 Å². The molecule has 1 aromatic rings. The van der Waals surface area contributed by atoms with Crippen LogP contribution in [0.1, 0.15) is 13.3 Å². The van der Waals surface area contributed by atoms with Crippen molar-refractivity contribution in [3.63, 3.8) is 0 Å². The molecule has 118 valence electrons. The van der Waals surface area contributed by atoms with Gasteiger partial charge in [0.1, 0.15) is 18.1 Å². The minimum atomic E-state index is -2.82. The summed E-state index contributed by atoms with van der Waals surface area (Å²) in [4.78, 5) is 2.07. The molecule has 21 heavy (non-hydrogen) atoms. The van der Waals surface area contributed by atoms with Crippen molar-refractivity contribution in [2.45, 2.75) is 19.4 Å². The van der Waals surface area contributed by atoms with Crippen LogP contribution < -0.4 is 9.47 Å². The second-order valence-electron chi connectivity index (χ2n) is 5.29. The lowest BCUT2D eigenvalue weighted by atomic mass is 10.2. The van der Waals surface area contributed by atoms with Gasteiger partial charge >= 0.3 is 0 Å². The molecular weight excluding hydrogens is 290 g/mol. The van der Waals surface area contributed by atoms with Crippen molar-refractivity contribution in [3.05, 3.63) is 24.3 Å². The Labute approximate surface area is 126 Å². The van der Waals surface area contributed by atoms with Crippen LogP contribution >= 0.6 is 0 Å². The summed E-state index contributed by atoms with van der Waals surface area (Å²) >= 11 is 0. The Morgan fingerprint density at radius 1 is 1.19 bits per heavy atom. The summed E-state index contributed by atoms with van der Waals surface area (Å²) in [6, 6.07) is 7.65. The molecule has 1 saturated heterocycles. The fourth-order valence-electron chi connectivity index (χ4n) is 2.41. The van der Waals surface area contributed by atoms with E-state index in [0.717, 1.165) is 17.9 Å². The van der Waals surface area contributed by atoms with Gasteiger partial charge in [0.2, 0.25) is 0 Å². The number of nitrogens with zero attached hydrogens (tertiary/aromatic N) is 1. The van der Waals surface area contributed by atoms with Crippen molar-refractivity contribution < 1.29 is 17.9 Å². The van der Waals surface area contributed by atoms with E-state index in [1.165, 1.54) is 0 Å².